The number of hydrogen-bond acceptors (Lipinski definition) is 6. The van der Waals surface area contributed by atoms with Crippen molar-refractivity contribution in [1.29, 1.82) is 0 Å². The number of aliphatic hydroxyl groups is 1. The molecule has 11 heteroatoms. The van der Waals surface area contributed by atoms with Crippen molar-refractivity contribution in [3.8, 4) is 0 Å². The van der Waals surface area contributed by atoms with Crippen LogP contribution in [0.3, 0.4) is 0 Å². The Labute approximate surface area is 263 Å². The van der Waals surface area contributed by atoms with Crippen molar-refractivity contribution >= 4 is 29.7 Å². The summed E-state index contributed by atoms with van der Waals surface area (Å²) in [5, 5.41) is 35.6. The molecule has 11 nitrogen and oxygen atoms in total. The van der Waals surface area contributed by atoms with Crippen molar-refractivity contribution in [2.45, 2.75) is 131 Å². The fourth-order valence-corrected chi connectivity index (χ4v) is 4.65. The lowest BCUT2D eigenvalue weighted by molar-refractivity contribution is -0.144. The van der Waals surface area contributed by atoms with Gasteiger partial charge in [-0.15, -0.1) is 0 Å². The molecule has 0 spiro atoms. The molecule has 0 aromatic carbocycles. The highest BCUT2D eigenvalue weighted by Crippen LogP contribution is 2.18. The van der Waals surface area contributed by atoms with Crippen LogP contribution in [0.5, 0.6) is 0 Å². The van der Waals surface area contributed by atoms with E-state index in [0.717, 1.165) is 38.5 Å². The second-order valence-electron chi connectivity index (χ2n) is 12.6. The van der Waals surface area contributed by atoms with E-state index in [2.05, 4.69) is 48.9 Å². The Morgan fingerprint density at radius 3 is 1.86 bits per heavy atom. The van der Waals surface area contributed by atoms with Crippen LogP contribution in [-0.2, 0) is 24.0 Å². The molecule has 0 aromatic heterocycles. The molecule has 6 N–H and O–H groups in total. The number of rotatable bonds is 23. The topological polar surface area (TPSA) is 182 Å². The number of amides is 3. The monoisotopic (exact) mass is 623 g/mol. The van der Waals surface area contributed by atoms with Crippen LogP contribution >= 0.6 is 0 Å². The Bertz CT molecular complexity index is 986. The van der Waals surface area contributed by atoms with Gasteiger partial charge in [-0.3, -0.25) is 19.2 Å². The van der Waals surface area contributed by atoms with Gasteiger partial charge in [0.1, 0.15) is 18.1 Å². The zero-order chi connectivity index (χ0) is 33.8. The Kier molecular flexibility index (Phi) is 20.7. The predicted octanol–water partition coefficient (Wildman–Crippen LogP) is 4.34. The molecular formula is C33H57N3O8. The average molecular weight is 624 g/mol. The molecule has 0 aliphatic carbocycles. The fraction of sp³-hybridized carbons (Fsp3) is 0.727. The van der Waals surface area contributed by atoms with Gasteiger partial charge in [-0.1, -0.05) is 63.8 Å². The Hall–Kier alpha value is -3.21. The van der Waals surface area contributed by atoms with E-state index < -0.39 is 60.3 Å². The van der Waals surface area contributed by atoms with Crippen molar-refractivity contribution in [3.63, 3.8) is 0 Å². The van der Waals surface area contributed by atoms with Gasteiger partial charge in [0, 0.05) is 6.42 Å². The summed E-state index contributed by atoms with van der Waals surface area (Å²) >= 11 is 0. The number of carbonyl (C=O) groups excluding carboxylic acids is 3. The van der Waals surface area contributed by atoms with E-state index >= 15 is 0 Å². The maximum atomic E-state index is 13.1. The van der Waals surface area contributed by atoms with Gasteiger partial charge in [0.25, 0.3) is 0 Å². The SMILES string of the molecule is CC(C)=CCCC(C)=CCCCCCC(CCC(=O)NC(C(=O)NC(CC(C)C)C(=O)NC(CO)C(=O)O)C(C)C)C(=O)O. The van der Waals surface area contributed by atoms with E-state index in [0.29, 0.717) is 6.42 Å². The lowest BCUT2D eigenvalue weighted by Gasteiger charge is -2.27. The Balaban J connectivity index is 4.96. The first kappa shape index (κ1) is 40.8. The molecule has 0 radical (unpaired) electrons. The summed E-state index contributed by atoms with van der Waals surface area (Å²) in [6.45, 7) is 12.6. The van der Waals surface area contributed by atoms with Crippen molar-refractivity contribution in [3.05, 3.63) is 23.3 Å². The molecule has 0 aliphatic heterocycles. The summed E-state index contributed by atoms with van der Waals surface area (Å²) in [7, 11) is 0. The van der Waals surface area contributed by atoms with Crippen LogP contribution in [0.25, 0.3) is 0 Å². The van der Waals surface area contributed by atoms with Crippen LogP contribution in [0.4, 0.5) is 0 Å². The molecule has 3 amide bonds. The van der Waals surface area contributed by atoms with Crippen LogP contribution in [0.2, 0.25) is 0 Å². The first-order valence-corrected chi connectivity index (χ1v) is 15.8. The molecule has 44 heavy (non-hydrogen) atoms. The van der Waals surface area contributed by atoms with E-state index in [1.807, 2.05) is 13.8 Å². The first-order chi connectivity index (χ1) is 20.6. The van der Waals surface area contributed by atoms with E-state index in [1.165, 1.54) is 11.1 Å². The number of carbonyl (C=O) groups is 5. The quantitative estimate of drug-likeness (QED) is 0.0717. The molecular weight excluding hydrogens is 566 g/mol. The summed E-state index contributed by atoms with van der Waals surface area (Å²) < 4.78 is 0. The maximum Gasteiger partial charge on any atom is 0.328 e. The third kappa shape index (κ3) is 18.5. The van der Waals surface area contributed by atoms with Crippen LogP contribution in [0.15, 0.2) is 23.3 Å². The molecule has 0 fully saturated rings. The van der Waals surface area contributed by atoms with Gasteiger partial charge < -0.3 is 31.3 Å². The van der Waals surface area contributed by atoms with Crippen LogP contribution in [0, 0.1) is 17.8 Å². The number of aliphatic carboxylic acids is 2. The minimum Gasteiger partial charge on any atom is -0.481 e. The summed E-state index contributed by atoms with van der Waals surface area (Å²) in [5.74, 6) is -5.21. The van der Waals surface area contributed by atoms with Crippen LogP contribution in [0.1, 0.15) is 113 Å². The van der Waals surface area contributed by atoms with Gasteiger partial charge in [-0.2, -0.15) is 0 Å². The summed E-state index contributed by atoms with van der Waals surface area (Å²) in [4.78, 5) is 61.7. The summed E-state index contributed by atoms with van der Waals surface area (Å²) in [6.07, 6.45) is 10.9. The number of nitrogens with one attached hydrogen (secondary N) is 3. The van der Waals surface area contributed by atoms with Crippen molar-refractivity contribution < 1.29 is 39.3 Å². The van der Waals surface area contributed by atoms with E-state index in [4.69, 9.17) is 5.11 Å². The van der Waals surface area contributed by atoms with E-state index in [9.17, 15) is 34.2 Å². The molecule has 0 aromatic rings. The maximum absolute atomic E-state index is 13.1. The number of unbranched alkanes of at least 4 members (excludes halogenated alkanes) is 3. The smallest absolute Gasteiger partial charge is 0.328 e. The van der Waals surface area contributed by atoms with Gasteiger partial charge in [-0.25, -0.2) is 4.79 Å². The molecule has 252 valence electrons. The molecule has 0 saturated carbocycles. The normalized spacial score (nSPS) is 14.4. The van der Waals surface area contributed by atoms with Crippen molar-refractivity contribution in [2.24, 2.45) is 17.8 Å². The van der Waals surface area contributed by atoms with Gasteiger partial charge in [0.2, 0.25) is 17.7 Å². The molecule has 4 unspecified atom stereocenters. The molecule has 0 aliphatic rings. The number of hydrogen-bond donors (Lipinski definition) is 6. The highest BCUT2D eigenvalue weighted by molar-refractivity contribution is 5.93. The second-order valence-corrected chi connectivity index (χ2v) is 12.6. The third-order valence-electron chi connectivity index (χ3n) is 7.31. The van der Waals surface area contributed by atoms with Crippen molar-refractivity contribution in [1.82, 2.24) is 16.0 Å². The molecule has 0 bridgehead atoms. The molecule has 0 saturated heterocycles. The van der Waals surface area contributed by atoms with E-state index in [1.54, 1.807) is 13.8 Å². The molecule has 0 heterocycles. The van der Waals surface area contributed by atoms with Gasteiger partial charge >= 0.3 is 11.9 Å². The summed E-state index contributed by atoms with van der Waals surface area (Å²) in [6, 6.07) is -3.58. The minimum atomic E-state index is -1.51. The third-order valence-corrected chi connectivity index (χ3v) is 7.31. The summed E-state index contributed by atoms with van der Waals surface area (Å²) in [5.41, 5.74) is 2.68. The zero-order valence-electron chi connectivity index (χ0n) is 27.8. The average Bonchev–Trinajstić information content (AvgIpc) is 2.91. The standard InChI is InChI=1S/C33H57N3O8/c1-21(2)13-12-15-24(7)14-10-8-9-11-16-25(32(41)42)17-18-28(38)36-29(23(5)6)31(40)34-26(19-22(3)4)30(39)35-27(20-37)33(43)44/h13-14,22-23,25-27,29,37H,8-12,15-20H2,1-7H3,(H,34,40)(H,35,39)(H,36,38)(H,41,42)(H,43,44). The fourth-order valence-electron chi connectivity index (χ4n) is 4.65. The largest absolute Gasteiger partial charge is 0.481 e. The first-order valence-electron chi connectivity index (χ1n) is 15.8. The zero-order valence-corrected chi connectivity index (χ0v) is 27.8. The number of aliphatic hydroxyl groups excluding tert-OH is 1. The van der Waals surface area contributed by atoms with Gasteiger partial charge in [0.05, 0.1) is 12.5 Å². The lowest BCUT2D eigenvalue weighted by Crippen LogP contribution is -2.57. The Morgan fingerprint density at radius 1 is 0.705 bits per heavy atom. The highest BCUT2D eigenvalue weighted by Gasteiger charge is 2.31. The highest BCUT2D eigenvalue weighted by atomic mass is 16.4. The number of allylic oxidation sites excluding steroid dienone is 4. The van der Waals surface area contributed by atoms with Crippen molar-refractivity contribution in [2.75, 3.05) is 6.61 Å². The molecule has 0 rings (SSSR count). The van der Waals surface area contributed by atoms with Gasteiger partial charge in [-0.05, 0) is 77.6 Å². The predicted molar refractivity (Wildman–Crippen MR) is 171 cm³/mol. The molecule has 4 atom stereocenters. The van der Waals surface area contributed by atoms with E-state index in [-0.39, 0.29) is 31.1 Å². The van der Waals surface area contributed by atoms with Crippen LogP contribution in [-0.4, -0.2) is 69.7 Å². The Morgan fingerprint density at radius 2 is 1.34 bits per heavy atom. The number of carboxylic acids is 2. The number of carboxylic acid groups (broad SMARTS) is 2. The van der Waals surface area contributed by atoms with Gasteiger partial charge in [0.15, 0.2) is 0 Å². The minimum absolute atomic E-state index is 0.0262. The lowest BCUT2D eigenvalue weighted by atomic mass is 9.95. The second kappa shape index (κ2) is 22.3. The van der Waals surface area contributed by atoms with Crippen LogP contribution < -0.4 is 16.0 Å².